The zero-order valence-corrected chi connectivity index (χ0v) is 11.8. The van der Waals surface area contributed by atoms with E-state index in [0.29, 0.717) is 23.2 Å². The van der Waals surface area contributed by atoms with Gasteiger partial charge in [0.2, 0.25) is 0 Å². The van der Waals surface area contributed by atoms with Gasteiger partial charge in [0.25, 0.3) is 10.0 Å². The van der Waals surface area contributed by atoms with Crippen LogP contribution >= 0.6 is 11.3 Å². The van der Waals surface area contributed by atoms with Crippen molar-refractivity contribution in [1.82, 2.24) is 4.31 Å². The predicted molar refractivity (Wildman–Crippen MR) is 71.8 cm³/mol. The maximum Gasteiger partial charge on any atom is 0.252 e. The molecule has 0 spiro atoms. The van der Waals surface area contributed by atoms with Crippen LogP contribution in [0.5, 0.6) is 0 Å². The molecule has 0 bridgehead atoms. The van der Waals surface area contributed by atoms with Gasteiger partial charge in [0.05, 0.1) is 0 Å². The summed E-state index contributed by atoms with van der Waals surface area (Å²) in [5, 5.41) is 0. The highest BCUT2D eigenvalue weighted by Crippen LogP contribution is 2.39. The molecule has 2 fully saturated rings. The zero-order chi connectivity index (χ0) is 12.8. The molecule has 2 aliphatic carbocycles. The second-order valence-electron chi connectivity index (χ2n) is 5.17. The van der Waals surface area contributed by atoms with Gasteiger partial charge in [-0.3, -0.25) is 0 Å². The van der Waals surface area contributed by atoms with E-state index in [-0.39, 0.29) is 6.04 Å². The maximum atomic E-state index is 12.6. The van der Waals surface area contributed by atoms with Crippen molar-refractivity contribution in [2.45, 2.75) is 42.5 Å². The fraction of sp³-hybridized carbons (Fsp3) is 0.667. The second kappa shape index (κ2) is 4.59. The van der Waals surface area contributed by atoms with Crippen molar-refractivity contribution in [2.24, 2.45) is 11.7 Å². The van der Waals surface area contributed by atoms with Crippen LogP contribution in [0.3, 0.4) is 0 Å². The first-order chi connectivity index (χ1) is 8.61. The SMILES string of the molecule is NCc1ccc(S(=O)(=O)N(CC2CC2)C2CC2)s1. The molecule has 0 radical (unpaired) electrons. The Morgan fingerprint density at radius 3 is 2.50 bits per heavy atom. The number of thiophene rings is 1. The minimum atomic E-state index is -3.29. The van der Waals surface area contributed by atoms with Crippen LogP contribution in [0.1, 0.15) is 30.6 Å². The lowest BCUT2D eigenvalue weighted by atomic mass is 10.4. The van der Waals surface area contributed by atoms with Gasteiger partial charge in [-0.2, -0.15) is 4.31 Å². The first kappa shape index (κ1) is 12.6. The van der Waals surface area contributed by atoms with Crippen LogP contribution in [0.2, 0.25) is 0 Å². The van der Waals surface area contributed by atoms with Gasteiger partial charge in [-0.1, -0.05) is 0 Å². The third-order valence-electron chi connectivity index (χ3n) is 3.49. The van der Waals surface area contributed by atoms with Gasteiger partial charge >= 0.3 is 0 Å². The number of nitrogens with zero attached hydrogens (tertiary/aromatic N) is 1. The van der Waals surface area contributed by atoms with Crippen molar-refractivity contribution in [3.05, 3.63) is 17.0 Å². The Hall–Kier alpha value is -0.430. The molecular formula is C12H18N2O2S2. The summed E-state index contributed by atoms with van der Waals surface area (Å²) in [7, 11) is -3.29. The van der Waals surface area contributed by atoms with Gasteiger partial charge in [0.15, 0.2) is 0 Å². The molecule has 6 heteroatoms. The lowest BCUT2D eigenvalue weighted by Gasteiger charge is -2.20. The Morgan fingerprint density at radius 2 is 2.00 bits per heavy atom. The molecule has 1 aromatic heterocycles. The van der Waals surface area contributed by atoms with Crippen LogP contribution in [-0.4, -0.2) is 25.3 Å². The molecule has 100 valence electrons. The highest BCUT2D eigenvalue weighted by molar-refractivity contribution is 7.91. The summed E-state index contributed by atoms with van der Waals surface area (Å²) in [4.78, 5) is 0.927. The van der Waals surface area contributed by atoms with Gasteiger partial charge in [0, 0.05) is 24.0 Å². The van der Waals surface area contributed by atoms with E-state index < -0.39 is 10.0 Å². The smallest absolute Gasteiger partial charge is 0.252 e. The number of hydrogen-bond donors (Lipinski definition) is 1. The first-order valence-corrected chi connectivity index (χ1v) is 8.67. The summed E-state index contributed by atoms with van der Waals surface area (Å²) >= 11 is 1.31. The number of hydrogen-bond acceptors (Lipinski definition) is 4. The standard InChI is InChI=1S/C12H18N2O2S2/c13-7-11-5-6-12(17-11)18(15,16)14(10-3-4-10)8-9-1-2-9/h5-6,9-10H,1-4,7-8,13H2. The number of nitrogens with two attached hydrogens (primary N) is 1. The Labute approximate surface area is 112 Å². The van der Waals surface area contributed by atoms with Crippen LogP contribution in [0.15, 0.2) is 16.3 Å². The second-order valence-corrected chi connectivity index (χ2v) is 8.46. The largest absolute Gasteiger partial charge is 0.326 e. The molecule has 1 aromatic rings. The summed E-state index contributed by atoms with van der Waals surface area (Å²) in [5.74, 6) is 0.592. The van der Waals surface area contributed by atoms with E-state index in [0.717, 1.165) is 17.7 Å². The quantitative estimate of drug-likeness (QED) is 0.867. The molecule has 0 aromatic carbocycles. The highest BCUT2D eigenvalue weighted by Gasteiger charge is 2.41. The molecule has 18 heavy (non-hydrogen) atoms. The molecule has 4 nitrogen and oxygen atoms in total. The van der Waals surface area contributed by atoms with E-state index in [1.165, 1.54) is 24.2 Å². The fourth-order valence-corrected chi connectivity index (χ4v) is 5.21. The van der Waals surface area contributed by atoms with E-state index in [9.17, 15) is 8.42 Å². The third kappa shape index (κ3) is 2.47. The van der Waals surface area contributed by atoms with Gasteiger partial charge in [-0.05, 0) is 43.7 Å². The van der Waals surface area contributed by atoms with Gasteiger partial charge in [0.1, 0.15) is 4.21 Å². The van der Waals surface area contributed by atoms with Crippen molar-refractivity contribution in [3.63, 3.8) is 0 Å². The van der Waals surface area contributed by atoms with Crippen LogP contribution < -0.4 is 5.73 Å². The molecule has 1 heterocycles. The van der Waals surface area contributed by atoms with Crippen LogP contribution in [0.4, 0.5) is 0 Å². The predicted octanol–water partition coefficient (Wildman–Crippen LogP) is 1.77. The molecule has 0 aliphatic heterocycles. The minimum absolute atomic E-state index is 0.249. The first-order valence-electron chi connectivity index (χ1n) is 6.42. The zero-order valence-electron chi connectivity index (χ0n) is 10.2. The summed E-state index contributed by atoms with van der Waals surface area (Å²) in [5.41, 5.74) is 5.55. The molecule has 0 atom stereocenters. The van der Waals surface area contributed by atoms with Crippen LogP contribution in [0, 0.1) is 5.92 Å². The van der Waals surface area contributed by atoms with E-state index in [1.807, 2.05) is 6.07 Å². The van der Waals surface area contributed by atoms with Crippen molar-refractivity contribution in [1.29, 1.82) is 0 Å². The minimum Gasteiger partial charge on any atom is -0.326 e. The Kier molecular flexibility index (Phi) is 3.21. The molecular weight excluding hydrogens is 268 g/mol. The fourth-order valence-electron chi connectivity index (χ4n) is 2.08. The van der Waals surface area contributed by atoms with Crippen molar-refractivity contribution >= 4 is 21.4 Å². The average Bonchev–Trinajstić information content (AvgIpc) is 3.24. The van der Waals surface area contributed by atoms with E-state index >= 15 is 0 Å². The summed E-state index contributed by atoms with van der Waals surface area (Å²) in [6.45, 7) is 1.12. The Morgan fingerprint density at radius 1 is 1.28 bits per heavy atom. The van der Waals surface area contributed by atoms with Crippen molar-refractivity contribution in [3.8, 4) is 0 Å². The lowest BCUT2D eigenvalue weighted by Crippen LogP contribution is -2.34. The molecule has 0 unspecified atom stereocenters. The molecule has 3 rings (SSSR count). The van der Waals surface area contributed by atoms with E-state index in [4.69, 9.17) is 5.73 Å². The Balaban J connectivity index is 1.85. The summed E-state index contributed by atoms with van der Waals surface area (Å²) in [6, 6.07) is 3.77. The Bertz CT molecular complexity index is 530. The van der Waals surface area contributed by atoms with Crippen LogP contribution in [0.25, 0.3) is 0 Å². The monoisotopic (exact) mass is 286 g/mol. The molecule has 2 N–H and O–H groups in total. The molecule has 2 aliphatic rings. The summed E-state index contributed by atoms with van der Waals surface area (Å²) in [6.07, 6.45) is 4.39. The molecule has 0 amide bonds. The van der Waals surface area contributed by atoms with E-state index in [1.54, 1.807) is 10.4 Å². The van der Waals surface area contributed by atoms with Gasteiger partial charge < -0.3 is 5.73 Å². The average molecular weight is 286 g/mol. The molecule has 0 saturated heterocycles. The lowest BCUT2D eigenvalue weighted by molar-refractivity contribution is 0.390. The number of sulfonamides is 1. The topological polar surface area (TPSA) is 63.4 Å². The normalized spacial score (nSPS) is 20.6. The van der Waals surface area contributed by atoms with Gasteiger partial charge in [-0.25, -0.2) is 8.42 Å². The maximum absolute atomic E-state index is 12.6. The molecule has 2 saturated carbocycles. The van der Waals surface area contributed by atoms with Crippen LogP contribution in [-0.2, 0) is 16.6 Å². The number of rotatable bonds is 6. The van der Waals surface area contributed by atoms with Crippen molar-refractivity contribution in [2.75, 3.05) is 6.54 Å². The van der Waals surface area contributed by atoms with E-state index in [2.05, 4.69) is 0 Å². The van der Waals surface area contributed by atoms with Gasteiger partial charge in [-0.15, -0.1) is 11.3 Å². The third-order valence-corrected chi connectivity index (χ3v) is 6.98. The van der Waals surface area contributed by atoms with Crippen molar-refractivity contribution < 1.29 is 8.42 Å². The summed E-state index contributed by atoms with van der Waals surface area (Å²) < 4.78 is 27.4. The highest BCUT2D eigenvalue weighted by atomic mass is 32.2.